The third kappa shape index (κ3) is 4.91. The average molecular weight is 423 g/mol. The number of nitrogens with two attached hydrogens (primary N) is 1. The molecule has 2 aromatic heterocycles. The highest BCUT2D eigenvalue weighted by molar-refractivity contribution is 5.91. The van der Waals surface area contributed by atoms with E-state index in [1.54, 1.807) is 13.3 Å². The van der Waals surface area contributed by atoms with Gasteiger partial charge in [0.25, 0.3) is 0 Å². The van der Waals surface area contributed by atoms with Gasteiger partial charge in [0.1, 0.15) is 17.2 Å². The molecule has 8 heteroatoms. The number of piperazine rings is 1. The van der Waals surface area contributed by atoms with E-state index in [0.29, 0.717) is 5.82 Å². The van der Waals surface area contributed by atoms with Crippen LogP contribution in [0.3, 0.4) is 0 Å². The Balaban J connectivity index is 1.28. The van der Waals surface area contributed by atoms with E-state index < -0.39 is 6.03 Å². The van der Waals surface area contributed by atoms with Gasteiger partial charge in [-0.3, -0.25) is 10.2 Å². The van der Waals surface area contributed by atoms with Gasteiger partial charge in [0.05, 0.1) is 12.8 Å². The number of fused-ring (bicyclic) bond motifs is 1. The lowest BCUT2D eigenvalue weighted by Crippen LogP contribution is -2.46. The molecule has 0 aliphatic carbocycles. The summed E-state index contributed by atoms with van der Waals surface area (Å²) < 4.78 is 7.55. The van der Waals surface area contributed by atoms with E-state index in [-0.39, 0.29) is 0 Å². The maximum atomic E-state index is 11.4. The van der Waals surface area contributed by atoms with Gasteiger partial charge in [0.15, 0.2) is 0 Å². The van der Waals surface area contributed by atoms with E-state index in [0.717, 1.165) is 68.9 Å². The van der Waals surface area contributed by atoms with Gasteiger partial charge < -0.3 is 19.9 Å². The molecule has 1 aliphatic heterocycles. The second kappa shape index (κ2) is 9.70. The lowest BCUT2D eigenvalue weighted by Gasteiger charge is -2.36. The molecule has 0 unspecified atom stereocenters. The number of aryl methyl sites for hydroxylation is 1. The predicted molar refractivity (Wildman–Crippen MR) is 124 cm³/mol. The molecule has 4 rings (SSSR count). The average Bonchev–Trinajstić information content (AvgIpc) is 3.13. The van der Waals surface area contributed by atoms with Crippen LogP contribution in [0.2, 0.25) is 0 Å². The number of carbonyl (C=O) groups is 1. The quantitative estimate of drug-likeness (QED) is 0.545. The minimum Gasteiger partial charge on any atom is -0.495 e. The number of aromatic nitrogens is 2. The summed E-state index contributed by atoms with van der Waals surface area (Å²) in [6, 6.07) is 13.5. The third-order valence-electron chi connectivity index (χ3n) is 5.81. The first-order valence-corrected chi connectivity index (χ1v) is 10.8. The maximum absolute atomic E-state index is 11.4. The van der Waals surface area contributed by atoms with Gasteiger partial charge in [-0.05, 0) is 49.7 Å². The van der Waals surface area contributed by atoms with Crippen LogP contribution in [-0.2, 0) is 6.54 Å². The minimum absolute atomic E-state index is 0.558. The molecule has 1 aromatic carbocycles. The lowest BCUT2D eigenvalue weighted by molar-refractivity contribution is 0.250. The Morgan fingerprint density at radius 1 is 1.10 bits per heavy atom. The monoisotopic (exact) mass is 422 g/mol. The summed E-state index contributed by atoms with van der Waals surface area (Å²) in [5, 5.41) is 3.72. The Bertz CT molecular complexity index is 1030. The van der Waals surface area contributed by atoms with Crippen LogP contribution in [0.5, 0.6) is 5.75 Å². The highest BCUT2D eigenvalue weighted by Crippen LogP contribution is 2.28. The second-order valence-electron chi connectivity index (χ2n) is 7.79. The number of carbonyl (C=O) groups excluding carboxylic acids is 1. The van der Waals surface area contributed by atoms with Gasteiger partial charge in [-0.15, -0.1) is 0 Å². The molecular weight excluding hydrogens is 392 g/mol. The van der Waals surface area contributed by atoms with Crippen molar-refractivity contribution in [3.05, 3.63) is 48.7 Å². The normalized spacial score (nSPS) is 14.7. The lowest BCUT2D eigenvalue weighted by atomic mass is 10.2. The molecule has 1 aliphatic rings. The number of para-hydroxylation sites is 2. The number of amides is 2. The highest BCUT2D eigenvalue weighted by atomic mass is 16.5. The Labute approximate surface area is 182 Å². The van der Waals surface area contributed by atoms with E-state index in [4.69, 9.17) is 10.5 Å². The number of urea groups is 1. The zero-order valence-electron chi connectivity index (χ0n) is 18.0. The maximum Gasteiger partial charge on any atom is 0.317 e. The number of rotatable bonds is 8. The van der Waals surface area contributed by atoms with Crippen LogP contribution in [0.25, 0.3) is 11.0 Å². The number of pyridine rings is 1. The summed E-state index contributed by atoms with van der Waals surface area (Å²) in [6.07, 6.45) is 3.85. The van der Waals surface area contributed by atoms with Crippen molar-refractivity contribution in [3.8, 4) is 5.75 Å². The first kappa shape index (κ1) is 21.0. The van der Waals surface area contributed by atoms with E-state index >= 15 is 0 Å². The molecule has 2 amide bonds. The molecule has 3 aromatic rings. The number of ether oxygens (including phenoxy) is 1. The number of hydrogen-bond donors (Lipinski definition) is 2. The molecule has 1 saturated heterocycles. The van der Waals surface area contributed by atoms with Gasteiger partial charge in [-0.1, -0.05) is 12.1 Å². The summed E-state index contributed by atoms with van der Waals surface area (Å²) in [5.41, 5.74) is 7.38. The molecule has 0 bridgehead atoms. The molecule has 8 nitrogen and oxygen atoms in total. The van der Waals surface area contributed by atoms with Crippen molar-refractivity contribution in [2.75, 3.05) is 50.1 Å². The minimum atomic E-state index is -0.558. The third-order valence-corrected chi connectivity index (χ3v) is 5.81. The topological polar surface area (TPSA) is 88.6 Å². The van der Waals surface area contributed by atoms with Crippen LogP contribution < -0.4 is 20.7 Å². The van der Waals surface area contributed by atoms with Crippen LogP contribution in [-0.4, -0.2) is 60.3 Å². The second-order valence-corrected chi connectivity index (χ2v) is 7.79. The van der Waals surface area contributed by atoms with Crippen molar-refractivity contribution >= 4 is 28.6 Å². The van der Waals surface area contributed by atoms with Crippen molar-refractivity contribution in [2.24, 2.45) is 5.73 Å². The number of anilines is 2. The van der Waals surface area contributed by atoms with E-state index in [9.17, 15) is 4.79 Å². The van der Waals surface area contributed by atoms with Gasteiger partial charge in [0.2, 0.25) is 0 Å². The Kier molecular flexibility index (Phi) is 6.57. The van der Waals surface area contributed by atoms with Crippen LogP contribution in [0, 0.1) is 0 Å². The van der Waals surface area contributed by atoms with Gasteiger partial charge in [-0.25, -0.2) is 9.78 Å². The van der Waals surface area contributed by atoms with E-state index in [1.807, 2.05) is 34.9 Å². The number of primary amides is 1. The molecule has 0 radical (unpaired) electrons. The molecule has 31 heavy (non-hydrogen) atoms. The first-order valence-electron chi connectivity index (χ1n) is 10.8. The van der Waals surface area contributed by atoms with Crippen molar-refractivity contribution in [1.29, 1.82) is 0 Å². The van der Waals surface area contributed by atoms with Crippen molar-refractivity contribution in [3.63, 3.8) is 0 Å². The molecule has 0 saturated carbocycles. The summed E-state index contributed by atoms with van der Waals surface area (Å²) >= 11 is 0. The Morgan fingerprint density at radius 2 is 1.87 bits per heavy atom. The van der Waals surface area contributed by atoms with Crippen LogP contribution in [0.4, 0.5) is 16.3 Å². The van der Waals surface area contributed by atoms with Gasteiger partial charge in [0, 0.05) is 44.3 Å². The Morgan fingerprint density at radius 3 is 2.65 bits per heavy atom. The largest absolute Gasteiger partial charge is 0.495 e. The molecule has 3 N–H and O–H groups in total. The Hall–Kier alpha value is -3.26. The number of methoxy groups -OCH3 is 1. The number of nitrogens with zero attached hydrogens (tertiary/aromatic N) is 4. The molecular formula is C23H30N6O2. The molecule has 164 valence electrons. The van der Waals surface area contributed by atoms with Crippen LogP contribution >= 0.6 is 0 Å². The van der Waals surface area contributed by atoms with Crippen LogP contribution in [0.1, 0.15) is 12.8 Å². The first-order chi connectivity index (χ1) is 15.2. The number of unbranched alkanes of at least 4 members (excludes halogenated alkanes) is 1. The summed E-state index contributed by atoms with van der Waals surface area (Å²) in [4.78, 5) is 20.7. The van der Waals surface area contributed by atoms with E-state index in [2.05, 4.69) is 32.2 Å². The highest BCUT2D eigenvalue weighted by Gasteiger charge is 2.19. The standard InChI is InChI=1S/C23H30N6O2/c1-31-20-9-3-2-8-19(20)28-15-13-27(14-16-28)11-4-5-12-29-21(26-23(24)30)17-18-7-6-10-25-22(18)29/h2-3,6-10,17H,4-5,11-16H2,1H3,(H3,24,26,30). The summed E-state index contributed by atoms with van der Waals surface area (Å²) in [6.45, 7) is 5.93. The van der Waals surface area contributed by atoms with Crippen molar-refractivity contribution in [2.45, 2.75) is 19.4 Å². The number of nitrogens with one attached hydrogen (secondary N) is 1. The van der Waals surface area contributed by atoms with Gasteiger partial charge in [-0.2, -0.15) is 0 Å². The zero-order chi connectivity index (χ0) is 21.6. The molecule has 0 atom stereocenters. The molecule has 0 spiro atoms. The van der Waals surface area contributed by atoms with E-state index in [1.165, 1.54) is 5.69 Å². The SMILES string of the molecule is COc1ccccc1N1CCN(CCCCn2c(NC(N)=O)cc3cccnc32)CC1. The van der Waals surface area contributed by atoms with Crippen molar-refractivity contribution in [1.82, 2.24) is 14.5 Å². The fourth-order valence-corrected chi connectivity index (χ4v) is 4.25. The van der Waals surface area contributed by atoms with Crippen molar-refractivity contribution < 1.29 is 9.53 Å². The fourth-order valence-electron chi connectivity index (χ4n) is 4.25. The smallest absolute Gasteiger partial charge is 0.317 e. The summed E-state index contributed by atoms with van der Waals surface area (Å²) in [7, 11) is 1.73. The predicted octanol–water partition coefficient (Wildman–Crippen LogP) is 3.14. The number of hydrogen-bond acceptors (Lipinski definition) is 5. The molecule has 3 heterocycles. The van der Waals surface area contributed by atoms with Crippen LogP contribution in [0.15, 0.2) is 48.7 Å². The van der Waals surface area contributed by atoms with Gasteiger partial charge >= 0.3 is 6.03 Å². The number of benzene rings is 1. The zero-order valence-corrected chi connectivity index (χ0v) is 18.0. The fraction of sp³-hybridized carbons (Fsp3) is 0.391. The summed E-state index contributed by atoms with van der Waals surface area (Å²) in [5.74, 6) is 1.63. The molecule has 1 fully saturated rings.